The van der Waals surface area contributed by atoms with Crippen molar-refractivity contribution in [1.29, 1.82) is 0 Å². The maximum Gasteiger partial charge on any atom is 0.414 e. The van der Waals surface area contributed by atoms with Gasteiger partial charge in [0.05, 0.1) is 18.1 Å². The topological polar surface area (TPSA) is 137 Å². The van der Waals surface area contributed by atoms with E-state index in [9.17, 15) is 14.9 Å². The molecule has 0 aliphatic heterocycles. The largest absolute Gasteiger partial charge is 0.449 e. The molecule has 0 spiro atoms. The maximum atomic E-state index is 12.7. The molecule has 0 saturated heterocycles. The molecule has 3 heterocycles. The van der Waals surface area contributed by atoms with Crippen LogP contribution < -0.4 is 10.6 Å². The van der Waals surface area contributed by atoms with Crippen molar-refractivity contribution in [2.75, 3.05) is 17.2 Å². The third kappa shape index (κ3) is 4.46. The standard InChI is InChI=1S/C18H18N6O4S/c1-3-28-18(25)23(10-12-5-4-11(2)21-9-12)14-8-13(17-20-6-7-29-17)22-16(19)15(14)24(26)27/h4-9H,3,10H2,1-2H3,(H2,19,22). The first kappa shape index (κ1) is 20.1. The third-order valence-electron chi connectivity index (χ3n) is 3.93. The van der Waals surface area contributed by atoms with E-state index in [2.05, 4.69) is 15.0 Å². The lowest BCUT2D eigenvalue weighted by atomic mass is 10.2. The lowest BCUT2D eigenvalue weighted by Crippen LogP contribution is -2.32. The molecule has 2 N–H and O–H groups in total. The first-order chi connectivity index (χ1) is 13.9. The Morgan fingerprint density at radius 2 is 2.17 bits per heavy atom. The Labute approximate surface area is 170 Å². The molecule has 0 aliphatic carbocycles. The van der Waals surface area contributed by atoms with E-state index in [0.717, 1.165) is 10.6 Å². The van der Waals surface area contributed by atoms with E-state index in [4.69, 9.17) is 10.5 Å². The Morgan fingerprint density at radius 1 is 1.38 bits per heavy atom. The summed E-state index contributed by atoms with van der Waals surface area (Å²) in [4.78, 5) is 37.3. The van der Waals surface area contributed by atoms with Crippen LogP contribution in [-0.2, 0) is 11.3 Å². The van der Waals surface area contributed by atoms with Crippen molar-refractivity contribution in [3.8, 4) is 10.7 Å². The predicted molar refractivity (Wildman–Crippen MR) is 109 cm³/mol. The van der Waals surface area contributed by atoms with Crippen molar-refractivity contribution < 1.29 is 14.5 Å². The number of carbonyl (C=O) groups is 1. The first-order valence-electron chi connectivity index (χ1n) is 8.61. The zero-order chi connectivity index (χ0) is 21.0. The van der Waals surface area contributed by atoms with E-state index >= 15 is 0 Å². The smallest absolute Gasteiger partial charge is 0.414 e. The molecule has 0 aromatic carbocycles. The van der Waals surface area contributed by atoms with Crippen LogP contribution in [0, 0.1) is 17.0 Å². The van der Waals surface area contributed by atoms with Gasteiger partial charge in [-0.25, -0.2) is 14.8 Å². The number of hydrogen-bond acceptors (Lipinski definition) is 9. The number of nitrogens with zero attached hydrogens (tertiary/aromatic N) is 5. The van der Waals surface area contributed by atoms with Gasteiger partial charge >= 0.3 is 11.8 Å². The maximum absolute atomic E-state index is 12.7. The monoisotopic (exact) mass is 414 g/mol. The Bertz CT molecular complexity index is 1020. The molecule has 0 fully saturated rings. The zero-order valence-electron chi connectivity index (χ0n) is 15.7. The average molecular weight is 414 g/mol. The molecule has 1 amide bonds. The summed E-state index contributed by atoms with van der Waals surface area (Å²) >= 11 is 1.30. The minimum absolute atomic E-state index is 0.00765. The second-order valence-electron chi connectivity index (χ2n) is 5.95. The number of nitro groups is 1. The summed E-state index contributed by atoms with van der Waals surface area (Å²) in [7, 11) is 0. The summed E-state index contributed by atoms with van der Waals surface area (Å²) in [6.45, 7) is 3.60. The van der Waals surface area contributed by atoms with Gasteiger partial charge in [0.1, 0.15) is 16.4 Å². The summed E-state index contributed by atoms with van der Waals surface area (Å²) < 4.78 is 5.13. The number of thiazole rings is 1. The van der Waals surface area contributed by atoms with Crippen molar-refractivity contribution in [2.24, 2.45) is 0 Å². The Morgan fingerprint density at radius 3 is 2.76 bits per heavy atom. The van der Waals surface area contributed by atoms with Crippen molar-refractivity contribution in [2.45, 2.75) is 20.4 Å². The number of ether oxygens (including phenoxy) is 1. The molecular weight excluding hydrogens is 396 g/mol. The van der Waals surface area contributed by atoms with Crippen LogP contribution in [0.4, 0.5) is 22.0 Å². The number of aryl methyl sites for hydroxylation is 1. The fourth-order valence-electron chi connectivity index (χ4n) is 2.62. The molecule has 3 rings (SSSR count). The van der Waals surface area contributed by atoms with Gasteiger partial charge in [0, 0.05) is 23.5 Å². The van der Waals surface area contributed by atoms with Gasteiger partial charge in [-0.3, -0.25) is 20.0 Å². The van der Waals surface area contributed by atoms with Crippen molar-refractivity contribution in [1.82, 2.24) is 15.0 Å². The summed E-state index contributed by atoms with van der Waals surface area (Å²) in [6.07, 6.45) is 2.44. The molecule has 0 atom stereocenters. The molecule has 10 nitrogen and oxygen atoms in total. The molecule has 0 unspecified atom stereocenters. The molecule has 11 heteroatoms. The SMILES string of the molecule is CCOC(=O)N(Cc1ccc(C)nc1)c1cc(-c2nccs2)nc(N)c1[N+](=O)[O-]. The molecule has 0 radical (unpaired) electrons. The second-order valence-corrected chi connectivity index (χ2v) is 6.84. The van der Waals surface area contributed by atoms with Crippen LogP contribution in [0.15, 0.2) is 36.0 Å². The van der Waals surface area contributed by atoms with Gasteiger partial charge < -0.3 is 10.5 Å². The van der Waals surface area contributed by atoms with Crippen LogP contribution in [-0.4, -0.2) is 32.6 Å². The van der Waals surface area contributed by atoms with Gasteiger partial charge in [0.15, 0.2) is 0 Å². The lowest BCUT2D eigenvalue weighted by Gasteiger charge is -2.22. The fraction of sp³-hybridized carbons (Fsp3) is 0.222. The number of anilines is 2. The first-order valence-corrected chi connectivity index (χ1v) is 9.49. The summed E-state index contributed by atoms with van der Waals surface area (Å²) in [5.74, 6) is -0.311. The van der Waals surface area contributed by atoms with Crippen LogP contribution in [0.1, 0.15) is 18.2 Å². The summed E-state index contributed by atoms with van der Waals surface area (Å²) in [6, 6.07) is 4.99. The number of nitrogen functional groups attached to an aromatic ring is 1. The van der Waals surface area contributed by atoms with Crippen LogP contribution >= 0.6 is 11.3 Å². The molecule has 0 aliphatic rings. The van der Waals surface area contributed by atoms with E-state index in [1.165, 1.54) is 17.4 Å². The molecule has 0 saturated carbocycles. The number of aromatic nitrogens is 3. The van der Waals surface area contributed by atoms with Gasteiger partial charge in [-0.1, -0.05) is 6.07 Å². The Kier molecular flexibility index (Phi) is 5.98. The summed E-state index contributed by atoms with van der Waals surface area (Å²) in [5, 5.41) is 14.0. The van der Waals surface area contributed by atoms with Crippen LogP contribution in [0.3, 0.4) is 0 Å². The molecular formula is C18H18N6O4S. The quantitative estimate of drug-likeness (QED) is 0.477. The molecule has 3 aromatic rings. The van der Waals surface area contributed by atoms with Crippen molar-refractivity contribution in [3.63, 3.8) is 0 Å². The number of rotatable bonds is 6. The third-order valence-corrected chi connectivity index (χ3v) is 4.72. The van der Waals surface area contributed by atoms with Gasteiger partial charge in [-0.2, -0.15) is 0 Å². The second kappa shape index (κ2) is 8.61. The van der Waals surface area contributed by atoms with Crippen molar-refractivity contribution >= 4 is 34.6 Å². The average Bonchev–Trinajstić information content (AvgIpc) is 3.21. The van der Waals surface area contributed by atoms with Crippen LogP contribution in [0.5, 0.6) is 0 Å². The van der Waals surface area contributed by atoms with Crippen LogP contribution in [0.2, 0.25) is 0 Å². The van der Waals surface area contributed by atoms with Gasteiger partial charge in [0.25, 0.3) is 0 Å². The molecule has 3 aromatic heterocycles. The molecule has 29 heavy (non-hydrogen) atoms. The minimum Gasteiger partial charge on any atom is -0.449 e. The van der Waals surface area contributed by atoms with E-state index < -0.39 is 16.7 Å². The Balaban J connectivity index is 2.15. The minimum atomic E-state index is -0.744. The highest BCUT2D eigenvalue weighted by Gasteiger charge is 2.30. The predicted octanol–water partition coefficient (Wildman–Crippen LogP) is 3.56. The normalized spacial score (nSPS) is 10.6. The number of hydrogen-bond donors (Lipinski definition) is 1. The van der Waals surface area contributed by atoms with E-state index in [0.29, 0.717) is 16.3 Å². The van der Waals surface area contributed by atoms with E-state index in [1.807, 2.05) is 6.92 Å². The zero-order valence-corrected chi connectivity index (χ0v) is 16.5. The number of carbonyl (C=O) groups excluding carboxylic acids is 1. The highest BCUT2D eigenvalue weighted by atomic mass is 32.1. The van der Waals surface area contributed by atoms with Gasteiger partial charge in [-0.15, -0.1) is 11.3 Å². The fourth-order valence-corrected chi connectivity index (χ4v) is 3.22. The lowest BCUT2D eigenvalue weighted by molar-refractivity contribution is -0.383. The number of pyridine rings is 2. The van der Waals surface area contributed by atoms with E-state index in [1.54, 1.807) is 36.8 Å². The van der Waals surface area contributed by atoms with Gasteiger partial charge in [-0.05, 0) is 31.5 Å². The van der Waals surface area contributed by atoms with Crippen LogP contribution in [0.25, 0.3) is 10.7 Å². The van der Waals surface area contributed by atoms with Crippen molar-refractivity contribution in [3.05, 3.63) is 57.3 Å². The molecule has 150 valence electrons. The van der Waals surface area contributed by atoms with E-state index in [-0.39, 0.29) is 24.7 Å². The number of nitrogens with two attached hydrogens (primary N) is 1. The summed E-state index contributed by atoms with van der Waals surface area (Å²) in [5.41, 5.74) is 7.20. The molecule has 0 bridgehead atoms. The highest BCUT2D eigenvalue weighted by molar-refractivity contribution is 7.13. The highest BCUT2D eigenvalue weighted by Crippen LogP contribution is 2.37. The Hall–Kier alpha value is -3.60. The van der Waals surface area contributed by atoms with Gasteiger partial charge in [0.2, 0.25) is 5.82 Å². The number of amides is 1.